The van der Waals surface area contributed by atoms with Gasteiger partial charge in [0.1, 0.15) is 11.6 Å². The van der Waals surface area contributed by atoms with Crippen molar-refractivity contribution in [2.24, 2.45) is 5.92 Å². The fourth-order valence-electron chi connectivity index (χ4n) is 4.52. The molecule has 0 aliphatic carbocycles. The molecule has 8 heteroatoms. The standard InChI is InChI=1S/C26H22F2N4O2/c27-18-9-7-16(8-10-18)23-12-24(31-30-23)25-19(4-3-5-21(25)28)26(34)32-13-17(15-33)20(14-32)22-6-1-2-11-29-22/h1-12,17,20,33H,13-15H2,(H,30,31)/t17-,20+/m0/s1. The highest BCUT2D eigenvalue weighted by molar-refractivity contribution is 6.01. The van der Waals surface area contributed by atoms with Gasteiger partial charge >= 0.3 is 0 Å². The first-order valence-electron chi connectivity index (χ1n) is 11.0. The molecule has 34 heavy (non-hydrogen) atoms. The highest BCUT2D eigenvalue weighted by atomic mass is 19.1. The van der Waals surface area contributed by atoms with Gasteiger partial charge in [-0.1, -0.05) is 12.1 Å². The number of nitrogens with zero attached hydrogens (tertiary/aromatic N) is 3. The van der Waals surface area contributed by atoms with Crippen molar-refractivity contribution in [1.82, 2.24) is 20.1 Å². The van der Waals surface area contributed by atoms with Crippen LogP contribution in [0.1, 0.15) is 22.0 Å². The summed E-state index contributed by atoms with van der Waals surface area (Å²) in [5.74, 6) is -1.52. The molecule has 0 saturated carbocycles. The average molecular weight is 460 g/mol. The number of hydrogen-bond acceptors (Lipinski definition) is 4. The van der Waals surface area contributed by atoms with Crippen molar-refractivity contribution in [2.45, 2.75) is 5.92 Å². The second kappa shape index (κ2) is 9.15. The van der Waals surface area contributed by atoms with Gasteiger partial charge in [0.15, 0.2) is 0 Å². The van der Waals surface area contributed by atoms with Crippen molar-refractivity contribution in [3.63, 3.8) is 0 Å². The van der Waals surface area contributed by atoms with Crippen LogP contribution in [-0.2, 0) is 0 Å². The van der Waals surface area contributed by atoms with Gasteiger partial charge in [-0.05, 0) is 54.6 Å². The molecule has 2 aromatic heterocycles. The van der Waals surface area contributed by atoms with Gasteiger partial charge < -0.3 is 10.0 Å². The smallest absolute Gasteiger partial charge is 0.254 e. The monoisotopic (exact) mass is 460 g/mol. The summed E-state index contributed by atoms with van der Waals surface area (Å²) in [5.41, 5.74) is 2.65. The molecule has 1 saturated heterocycles. The Bertz CT molecular complexity index is 1310. The SMILES string of the molecule is O=C(c1cccc(F)c1-c1cc(-c2ccc(F)cc2)n[nH]1)N1C[C@@H](CO)[C@H](c2ccccn2)C1. The largest absolute Gasteiger partial charge is 0.396 e. The van der Waals surface area contributed by atoms with E-state index in [9.17, 15) is 14.3 Å². The van der Waals surface area contributed by atoms with Crippen LogP contribution in [-0.4, -0.2) is 50.8 Å². The Morgan fingerprint density at radius 1 is 1.06 bits per heavy atom. The third-order valence-corrected chi connectivity index (χ3v) is 6.26. The number of aromatic amines is 1. The quantitative estimate of drug-likeness (QED) is 0.466. The fourth-order valence-corrected chi connectivity index (χ4v) is 4.52. The van der Waals surface area contributed by atoms with Crippen LogP contribution in [0.25, 0.3) is 22.5 Å². The van der Waals surface area contributed by atoms with Crippen LogP contribution in [0.3, 0.4) is 0 Å². The van der Waals surface area contributed by atoms with Crippen LogP contribution in [0.15, 0.2) is 72.9 Å². The summed E-state index contributed by atoms with van der Waals surface area (Å²) in [6, 6.07) is 17.4. The molecule has 0 unspecified atom stereocenters. The highest BCUT2D eigenvalue weighted by Gasteiger charge is 2.37. The molecule has 0 spiro atoms. The van der Waals surface area contributed by atoms with Crippen molar-refractivity contribution in [3.8, 4) is 22.5 Å². The lowest BCUT2D eigenvalue weighted by Crippen LogP contribution is -2.30. The van der Waals surface area contributed by atoms with Crippen LogP contribution in [0, 0.1) is 17.6 Å². The molecule has 0 bridgehead atoms. The van der Waals surface area contributed by atoms with E-state index in [1.807, 2.05) is 18.2 Å². The van der Waals surface area contributed by atoms with Crippen LogP contribution in [0.4, 0.5) is 8.78 Å². The molecule has 2 N–H and O–H groups in total. The number of pyridine rings is 1. The van der Waals surface area contributed by atoms with E-state index in [2.05, 4.69) is 15.2 Å². The normalized spacial score (nSPS) is 17.8. The van der Waals surface area contributed by atoms with Gasteiger partial charge in [-0.2, -0.15) is 5.10 Å². The van der Waals surface area contributed by atoms with E-state index < -0.39 is 5.82 Å². The minimum Gasteiger partial charge on any atom is -0.396 e. The average Bonchev–Trinajstić information content (AvgIpc) is 3.52. The summed E-state index contributed by atoms with van der Waals surface area (Å²) >= 11 is 0. The summed E-state index contributed by atoms with van der Waals surface area (Å²) in [7, 11) is 0. The van der Waals surface area contributed by atoms with E-state index in [0.717, 1.165) is 5.69 Å². The zero-order valence-electron chi connectivity index (χ0n) is 18.2. The number of aliphatic hydroxyl groups is 1. The number of benzene rings is 2. The Labute approximate surface area is 194 Å². The number of amides is 1. The second-order valence-electron chi connectivity index (χ2n) is 8.35. The maximum absolute atomic E-state index is 15.0. The summed E-state index contributed by atoms with van der Waals surface area (Å²) < 4.78 is 28.3. The number of likely N-dealkylation sites (tertiary alicyclic amines) is 1. The number of aromatic nitrogens is 3. The van der Waals surface area contributed by atoms with E-state index in [4.69, 9.17) is 0 Å². The summed E-state index contributed by atoms with van der Waals surface area (Å²) in [5, 5.41) is 17.0. The van der Waals surface area contributed by atoms with Crippen LogP contribution in [0.5, 0.6) is 0 Å². The Hall–Kier alpha value is -3.91. The Kier molecular flexibility index (Phi) is 5.90. The molecular formula is C26H22F2N4O2. The molecule has 172 valence electrons. The summed E-state index contributed by atoms with van der Waals surface area (Å²) in [4.78, 5) is 19.6. The zero-order chi connectivity index (χ0) is 23.7. The summed E-state index contributed by atoms with van der Waals surface area (Å²) in [6.45, 7) is 0.639. The van der Waals surface area contributed by atoms with E-state index in [1.165, 1.54) is 24.3 Å². The lowest BCUT2D eigenvalue weighted by Gasteiger charge is -2.18. The molecule has 5 rings (SSSR count). The number of carbonyl (C=O) groups is 1. The van der Waals surface area contributed by atoms with E-state index in [1.54, 1.807) is 35.4 Å². The molecular weight excluding hydrogens is 438 g/mol. The van der Waals surface area contributed by atoms with Crippen LogP contribution in [0.2, 0.25) is 0 Å². The Morgan fingerprint density at radius 3 is 2.62 bits per heavy atom. The number of carbonyl (C=O) groups excluding carboxylic acids is 1. The first-order valence-corrected chi connectivity index (χ1v) is 11.0. The van der Waals surface area contributed by atoms with Gasteiger partial charge in [0, 0.05) is 54.5 Å². The number of aliphatic hydroxyl groups excluding tert-OH is 1. The van der Waals surface area contributed by atoms with Gasteiger partial charge in [0.2, 0.25) is 0 Å². The number of halogens is 2. The minimum absolute atomic E-state index is 0.0807. The van der Waals surface area contributed by atoms with Gasteiger partial charge in [0.05, 0.1) is 17.0 Å². The van der Waals surface area contributed by atoms with Crippen LogP contribution >= 0.6 is 0 Å². The van der Waals surface area contributed by atoms with Crippen molar-refractivity contribution in [2.75, 3.05) is 19.7 Å². The maximum Gasteiger partial charge on any atom is 0.254 e. The van der Waals surface area contributed by atoms with Crippen molar-refractivity contribution in [1.29, 1.82) is 0 Å². The lowest BCUT2D eigenvalue weighted by molar-refractivity contribution is 0.0781. The first-order chi connectivity index (χ1) is 16.5. The van der Waals surface area contributed by atoms with Gasteiger partial charge in [-0.25, -0.2) is 8.78 Å². The molecule has 6 nitrogen and oxygen atoms in total. The molecule has 1 aliphatic heterocycles. The fraction of sp³-hybridized carbons (Fsp3) is 0.192. The second-order valence-corrected chi connectivity index (χ2v) is 8.35. The molecule has 4 aromatic rings. The third kappa shape index (κ3) is 4.08. The van der Waals surface area contributed by atoms with Gasteiger partial charge in [-0.3, -0.25) is 14.9 Å². The number of hydrogen-bond donors (Lipinski definition) is 2. The maximum atomic E-state index is 15.0. The number of rotatable bonds is 5. The van der Waals surface area contributed by atoms with Crippen molar-refractivity contribution in [3.05, 3.63) is 95.8 Å². The molecule has 3 heterocycles. The predicted molar refractivity (Wildman–Crippen MR) is 123 cm³/mol. The van der Waals surface area contributed by atoms with Crippen molar-refractivity contribution < 1.29 is 18.7 Å². The minimum atomic E-state index is -0.556. The molecule has 0 radical (unpaired) electrons. The first kappa shape index (κ1) is 21.9. The summed E-state index contributed by atoms with van der Waals surface area (Å²) in [6.07, 6.45) is 1.69. The Morgan fingerprint density at radius 2 is 1.88 bits per heavy atom. The molecule has 1 amide bonds. The third-order valence-electron chi connectivity index (χ3n) is 6.26. The zero-order valence-corrected chi connectivity index (χ0v) is 18.2. The van der Waals surface area contributed by atoms with Crippen molar-refractivity contribution >= 4 is 5.91 Å². The van der Waals surface area contributed by atoms with E-state index in [0.29, 0.717) is 30.0 Å². The van der Waals surface area contributed by atoms with E-state index in [-0.39, 0.29) is 41.3 Å². The molecule has 1 aliphatic rings. The molecule has 2 aromatic carbocycles. The Balaban J connectivity index is 1.46. The van der Waals surface area contributed by atoms with Gasteiger partial charge in [0.25, 0.3) is 5.91 Å². The molecule has 2 atom stereocenters. The number of nitrogens with one attached hydrogen (secondary N) is 1. The van der Waals surface area contributed by atoms with Gasteiger partial charge in [-0.15, -0.1) is 0 Å². The van der Waals surface area contributed by atoms with E-state index >= 15 is 4.39 Å². The predicted octanol–water partition coefficient (Wildman–Crippen LogP) is 4.27. The topological polar surface area (TPSA) is 82.1 Å². The van der Waals surface area contributed by atoms with Crippen LogP contribution < -0.4 is 0 Å². The number of H-pyrrole nitrogens is 1. The molecule has 1 fully saturated rings. The highest BCUT2D eigenvalue weighted by Crippen LogP contribution is 2.35. The lowest BCUT2D eigenvalue weighted by atomic mass is 9.93.